The van der Waals surface area contributed by atoms with Crippen LogP contribution in [0.3, 0.4) is 0 Å². The fourth-order valence-electron chi connectivity index (χ4n) is 3.21. The van der Waals surface area contributed by atoms with Gasteiger partial charge in [0.1, 0.15) is 0 Å². The first-order chi connectivity index (χ1) is 14.2. The van der Waals surface area contributed by atoms with Crippen LogP contribution in [0.4, 0.5) is 0 Å². The summed E-state index contributed by atoms with van der Waals surface area (Å²) in [5, 5.41) is 17.3. The summed E-state index contributed by atoms with van der Waals surface area (Å²) in [6.45, 7) is 2.19. The molecule has 0 spiro atoms. The van der Waals surface area contributed by atoms with Crippen LogP contribution >= 0.6 is 0 Å². The van der Waals surface area contributed by atoms with E-state index in [4.69, 9.17) is 4.98 Å². The molecule has 2 N–H and O–H groups in total. The van der Waals surface area contributed by atoms with Gasteiger partial charge in [0.25, 0.3) is 5.91 Å². The van der Waals surface area contributed by atoms with Gasteiger partial charge < -0.3 is 10.4 Å². The van der Waals surface area contributed by atoms with Gasteiger partial charge in [-0.05, 0) is 18.6 Å². The van der Waals surface area contributed by atoms with Crippen LogP contribution in [0, 0.1) is 0 Å². The van der Waals surface area contributed by atoms with Gasteiger partial charge >= 0.3 is 0 Å². The SMILES string of the molecule is C[C@@H](CO)NC(=O)c1cc(-c2ccccc2)nc2c1cnn2Cc1ccccc1. The summed E-state index contributed by atoms with van der Waals surface area (Å²) in [5.74, 6) is -0.254. The lowest BCUT2D eigenvalue weighted by atomic mass is 10.1. The summed E-state index contributed by atoms with van der Waals surface area (Å²) in [4.78, 5) is 17.7. The fourth-order valence-corrected chi connectivity index (χ4v) is 3.21. The molecule has 29 heavy (non-hydrogen) atoms. The lowest BCUT2D eigenvalue weighted by Gasteiger charge is -2.13. The molecule has 0 aliphatic rings. The van der Waals surface area contributed by atoms with Gasteiger partial charge in [-0.25, -0.2) is 9.67 Å². The first kappa shape index (κ1) is 18.8. The molecule has 4 aromatic rings. The monoisotopic (exact) mass is 386 g/mol. The standard InChI is InChI=1S/C23H22N4O2/c1-16(15-28)25-23(29)19-12-21(18-10-6-3-7-11-18)26-22-20(19)13-24-27(22)14-17-8-4-2-5-9-17/h2-13,16,28H,14-15H2,1H3,(H,25,29)/t16-/m0/s1. The second kappa shape index (κ2) is 8.24. The molecule has 1 atom stereocenters. The fraction of sp³-hybridized carbons (Fsp3) is 0.174. The topological polar surface area (TPSA) is 80.0 Å². The number of benzene rings is 2. The number of amides is 1. The first-order valence-corrected chi connectivity index (χ1v) is 9.53. The number of nitrogens with zero attached hydrogens (tertiary/aromatic N) is 3. The van der Waals surface area contributed by atoms with Crippen molar-refractivity contribution in [2.45, 2.75) is 19.5 Å². The molecule has 2 aromatic carbocycles. The smallest absolute Gasteiger partial charge is 0.252 e. The maximum absolute atomic E-state index is 12.9. The first-order valence-electron chi connectivity index (χ1n) is 9.53. The average Bonchev–Trinajstić information content (AvgIpc) is 3.17. The number of aliphatic hydroxyl groups is 1. The molecule has 0 radical (unpaired) electrons. The van der Waals surface area contributed by atoms with Crippen molar-refractivity contribution in [3.63, 3.8) is 0 Å². The Balaban J connectivity index is 1.83. The van der Waals surface area contributed by atoms with Crippen molar-refractivity contribution in [1.82, 2.24) is 20.1 Å². The van der Waals surface area contributed by atoms with Gasteiger partial charge in [-0.2, -0.15) is 5.10 Å². The number of hydrogen-bond acceptors (Lipinski definition) is 4. The normalized spacial score (nSPS) is 12.1. The van der Waals surface area contributed by atoms with E-state index in [2.05, 4.69) is 10.4 Å². The highest BCUT2D eigenvalue weighted by Crippen LogP contribution is 2.25. The van der Waals surface area contributed by atoms with Crippen molar-refractivity contribution in [3.8, 4) is 11.3 Å². The van der Waals surface area contributed by atoms with Gasteiger partial charge in [0.2, 0.25) is 0 Å². The Morgan fingerprint density at radius 2 is 1.79 bits per heavy atom. The summed E-state index contributed by atoms with van der Waals surface area (Å²) < 4.78 is 1.81. The summed E-state index contributed by atoms with van der Waals surface area (Å²) >= 11 is 0. The lowest BCUT2D eigenvalue weighted by molar-refractivity contribution is 0.0924. The zero-order valence-corrected chi connectivity index (χ0v) is 16.1. The number of nitrogens with one attached hydrogen (secondary N) is 1. The van der Waals surface area contributed by atoms with E-state index in [0.717, 1.165) is 11.1 Å². The van der Waals surface area contributed by atoms with Crippen LogP contribution in [0.2, 0.25) is 0 Å². The van der Waals surface area contributed by atoms with E-state index in [1.165, 1.54) is 0 Å². The highest BCUT2D eigenvalue weighted by Gasteiger charge is 2.18. The molecule has 0 aliphatic heterocycles. The van der Waals surface area contributed by atoms with E-state index in [0.29, 0.717) is 28.8 Å². The summed E-state index contributed by atoms with van der Waals surface area (Å²) in [5.41, 5.74) is 3.87. The molecule has 6 heteroatoms. The molecule has 0 bridgehead atoms. The highest BCUT2D eigenvalue weighted by atomic mass is 16.3. The van der Waals surface area contributed by atoms with Crippen LogP contribution in [0.25, 0.3) is 22.3 Å². The van der Waals surface area contributed by atoms with Gasteiger partial charge in [-0.3, -0.25) is 4.79 Å². The third kappa shape index (κ3) is 4.02. The molecule has 146 valence electrons. The number of carbonyl (C=O) groups excluding carboxylic acids is 1. The van der Waals surface area contributed by atoms with Crippen LogP contribution in [0.15, 0.2) is 72.9 Å². The summed E-state index contributed by atoms with van der Waals surface area (Å²) in [6, 6.07) is 21.2. The molecule has 0 saturated carbocycles. The van der Waals surface area contributed by atoms with Crippen LogP contribution in [-0.2, 0) is 6.54 Å². The summed E-state index contributed by atoms with van der Waals surface area (Å²) in [7, 11) is 0. The number of rotatable bonds is 6. The number of aromatic nitrogens is 3. The molecule has 0 unspecified atom stereocenters. The van der Waals surface area contributed by atoms with Crippen LogP contribution in [-0.4, -0.2) is 38.4 Å². The lowest BCUT2D eigenvalue weighted by Crippen LogP contribution is -2.35. The van der Waals surface area contributed by atoms with Crippen LogP contribution in [0.5, 0.6) is 0 Å². The van der Waals surface area contributed by atoms with Crippen molar-refractivity contribution in [1.29, 1.82) is 0 Å². The van der Waals surface area contributed by atoms with Gasteiger partial charge in [0, 0.05) is 11.6 Å². The second-order valence-electron chi connectivity index (χ2n) is 7.00. The van der Waals surface area contributed by atoms with Gasteiger partial charge in [-0.15, -0.1) is 0 Å². The van der Waals surface area contributed by atoms with Gasteiger partial charge in [0.05, 0.1) is 36.0 Å². The van der Waals surface area contributed by atoms with E-state index in [1.54, 1.807) is 19.2 Å². The summed E-state index contributed by atoms with van der Waals surface area (Å²) in [6.07, 6.45) is 1.68. The molecular weight excluding hydrogens is 364 g/mol. The van der Waals surface area contributed by atoms with Crippen LogP contribution < -0.4 is 5.32 Å². The van der Waals surface area contributed by atoms with Crippen molar-refractivity contribution >= 4 is 16.9 Å². The minimum Gasteiger partial charge on any atom is -0.394 e. The minimum atomic E-state index is -0.342. The Morgan fingerprint density at radius 3 is 2.48 bits per heavy atom. The van der Waals surface area contributed by atoms with Crippen LogP contribution in [0.1, 0.15) is 22.8 Å². The molecule has 0 saturated heterocycles. The third-order valence-electron chi connectivity index (χ3n) is 4.75. The van der Waals surface area contributed by atoms with Gasteiger partial charge in [-0.1, -0.05) is 60.7 Å². The van der Waals surface area contributed by atoms with Crippen molar-refractivity contribution in [2.24, 2.45) is 0 Å². The number of fused-ring (bicyclic) bond motifs is 1. The van der Waals surface area contributed by atoms with E-state index in [1.807, 2.05) is 65.3 Å². The molecule has 0 fully saturated rings. The predicted molar refractivity (Wildman–Crippen MR) is 113 cm³/mol. The van der Waals surface area contributed by atoms with E-state index in [-0.39, 0.29) is 18.6 Å². The Labute approximate surface area is 168 Å². The molecule has 6 nitrogen and oxygen atoms in total. The highest BCUT2D eigenvalue weighted by molar-refractivity contribution is 6.06. The Bertz CT molecular complexity index is 1120. The second-order valence-corrected chi connectivity index (χ2v) is 7.00. The number of aliphatic hydroxyl groups excluding tert-OH is 1. The average molecular weight is 386 g/mol. The van der Waals surface area contributed by atoms with Crippen molar-refractivity contribution < 1.29 is 9.90 Å². The number of carbonyl (C=O) groups is 1. The molecule has 4 rings (SSSR count). The third-order valence-corrected chi connectivity index (χ3v) is 4.75. The maximum Gasteiger partial charge on any atom is 0.252 e. The molecule has 1 amide bonds. The van der Waals surface area contributed by atoms with E-state index < -0.39 is 0 Å². The minimum absolute atomic E-state index is 0.126. The number of pyridine rings is 1. The molecule has 2 aromatic heterocycles. The number of hydrogen-bond donors (Lipinski definition) is 2. The van der Waals surface area contributed by atoms with Gasteiger partial charge in [0.15, 0.2) is 5.65 Å². The largest absolute Gasteiger partial charge is 0.394 e. The van der Waals surface area contributed by atoms with E-state index in [9.17, 15) is 9.90 Å². The quantitative estimate of drug-likeness (QED) is 0.533. The molecule has 0 aliphatic carbocycles. The molecule has 2 heterocycles. The zero-order chi connectivity index (χ0) is 20.2. The Kier molecular flexibility index (Phi) is 5.35. The predicted octanol–water partition coefficient (Wildman–Crippen LogP) is 3.26. The maximum atomic E-state index is 12.9. The van der Waals surface area contributed by atoms with Crippen molar-refractivity contribution in [3.05, 3.63) is 84.1 Å². The molecular formula is C23H22N4O2. The van der Waals surface area contributed by atoms with Crippen molar-refractivity contribution in [2.75, 3.05) is 6.61 Å². The Morgan fingerprint density at radius 1 is 1.10 bits per heavy atom. The Hall–Kier alpha value is -3.51. The van der Waals surface area contributed by atoms with E-state index >= 15 is 0 Å². The zero-order valence-electron chi connectivity index (χ0n) is 16.1.